The number of hydrogen-bond acceptors (Lipinski definition) is 3. The molecule has 1 heterocycles. The number of halogens is 1. The SMILES string of the molecule is N=Cc1ccc(N2C(=O)C(CCO)C3CCCCC32)cc1Br. The molecule has 0 spiro atoms. The van der Waals surface area contributed by atoms with Gasteiger partial charge in [-0.05, 0) is 37.3 Å². The average Bonchev–Trinajstić information content (AvgIpc) is 2.80. The zero-order valence-corrected chi connectivity index (χ0v) is 14.1. The molecule has 1 aromatic rings. The second-order valence-corrected chi connectivity index (χ2v) is 7.05. The Balaban J connectivity index is 1.96. The molecule has 3 rings (SSSR count). The van der Waals surface area contributed by atoms with E-state index in [1.165, 1.54) is 12.6 Å². The average molecular weight is 365 g/mol. The topological polar surface area (TPSA) is 64.4 Å². The molecule has 1 saturated carbocycles. The number of nitrogens with zero attached hydrogens (tertiary/aromatic N) is 1. The third-order valence-electron chi connectivity index (χ3n) is 5.04. The monoisotopic (exact) mass is 364 g/mol. The third-order valence-corrected chi connectivity index (χ3v) is 5.73. The van der Waals surface area contributed by atoms with Gasteiger partial charge in [-0.25, -0.2) is 0 Å². The summed E-state index contributed by atoms with van der Waals surface area (Å²) in [5, 5.41) is 16.7. The predicted molar refractivity (Wildman–Crippen MR) is 90.5 cm³/mol. The first-order valence-corrected chi connectivity index (χ1v) is 8.70. The Morgan fingerprint density at radius 3 is 2.82 bits per heavy atom. The maximum Gasteiger partial charge on any atom is 0.230 e. The van der Waals surface area contributed by atoms with Gasteiger partial charge in [0.25, 0.3) is 0 Å². The zero-order chi connectivity index (χ0) is 15.7. The Labute approximate surface area is 139 Å². The van der Waals surface area contributed by atoms with Crippen molar-refractivity contribution in [1.82, 2.24) is 0 Å². The summed E-state index contributed by atoms with van der Waals surface area (Å²) in [4.78, 5) is 14.8. The highest BCUT2D eigenvalue weighted by molar-refractivity contribution is 9.10. The lowest BCUT2D eigenvalue weighted by atomic mass is 9.78. The maximum absolute atomic E-state index is 12.9. The van der Waals surface area contributed by atoms with Gasteiger partial charge in [0.2, 0.25) is 5.91 Å². The van der Waals surface area contributed by atoms with Crippen molar-refractivity contribution in [2.75, 3.05) is 11.5 Å². The largest absolute Gasteiger partial charge is 0.396 e. The number of fused-ring (bicyclic) bond motifs is 1. The van der Waals surface area contributed by atoms with Crippen molar-refractivity contribution >= 4 is 33.7 Å². The molecule has 3 unspecified atom stereocenters. The second-order valence-electron chi connectivity index (χ2n) is 6.19. The van der Waals surface area contributed by atoms with Gasteiger partial charge in [0.15, 0.2) is 0 Å². The van der Waals surface area contributed by atoms with E-state index in [2.05, 4.69) is 15.9 Å². The van der Waals surface area contributed by atoms with Gasteiger partial charge in [0.05, 0.1) is 0 Å². The maximum atomic E-state index is 12.9. The highest BCUT2D eigenvalue weighted by Gasteiger charge is 2.48. The van der Waals surface area contributed by atoms with Crippen LogP contribution in [0.15, 0.2) is 22.7 Å². The van der Waals surface area contributed by atoms with E-state index in [0.29, 0.717) is 12.3 Å². The van der Waals surface area contributed by atoms with Crippen LogP contribution in [0.4, 0.5) is 5.69 Å². The van der Waals surface area contributed by atoms with Crippen LogP contribution in [0.25, 0.3) is 0 Å². The van der Waals surface area contributed by atoms with Gasteiger partial charge in [-0.3, -0.25) is 4.79 Å². The lowest BCUT2D eigenvalue weighted by Crippen LogP contribution is -2.36. The number of amides is 1. The first kappa shape index (κ1) is 15.7. The minimum absolute atomic E-state index is 0.0449. The Kier molecular flexibility index (Phi) is 4.64. The molecular formula is C17H21BrN2O2. The van der Waals surface area contributed by atoms with Crippen LogP contribution in [0.3, 0.4) is 0 Å². The molecule has 2 aliphatic rings. The molecule has 1 saturated heterocycles. The molecule has 1 aliphatic heterocycles. The molecule has 5 heteroatoms. The molecule has 22 heavy (non-hydrogen) atoms. The van der Waals surface area contributed by atoms with Crippen LogP contribution in [0.1, 0.15) is 37.7 Å². The van der Waals surface area contributed by atoms with Crippen LogP contribution < -0.4 is 4.90 Å². The van der Waals surface area contributed by atoms with Crippen LogP contribution in [-0.4, -0.2) is 29.9 Å². The summed E-state index contributed by atoms with van der Waals surface area (Å²) < 4.78 is 0.839. The van der Waals surface area contributed by atoms with Crippen molar-refractivity contribution in [2.45, 2.75) is 38.1 Å². The molecule has 2 fully saturated rings. The zero-order valence-electron chi connectivity index (χ0n) is 12.5. The Hall–Kier alpha value is -1.20. The van der Waals surface area contributed by atoms with Crippen molar-refractivity contribution in [3.8, 4) is 0 Å². The van der Waals surface area contributed by atoms with E-state index in [9.17, 15) is 9.90 Å². The van der Waals surface area contributed by atoms with Gasteiger partial charge < -0.3 is 15.4 Å². The van der Waals surface area contributed by atoms with Crippen molar-refractivity contribution in [1.29, 1.82) is 5.41 Å². The first-order chi connectivity index (χ1) is 10.7. The number of carbonyl (C=O) groups is 1. The highest BCUT2D eigenvalue weighted by atomic mass is 79.9. The van der Waals surface area contributed by atoms with E-state index < -0.39 is 0 Å². The normalized spacial score (nSPS) is 27.8. The molecular weight excluding hydrogens is 344 g/mol. The fourth-order valence-corrected chi connectivity index (χ4v) is 4.51. The van der Waals surface area contributed by atoms with Gasteiger partial charge in [0, 0.05) is 40.5 Å². The molecule has 1 aliphatic carbocycles. The molecule has 2 N–H and O–H groups in total. The van der Waals surface area contributed by atoms with E-state index in [-0.39, 0.29) is 24.5 Å². The summed E-state index contributed by atoms with van der Waals surface area (Å²) in [5.41, 5.74) is 1.71. The number of anilines is 1. The van der Waals surface area contributed by atoms with Gasteiger partial charge in [-0.2, -0.15) is 0 Å². The molecule has 0 radical (unpaired) electrons. The van der Waals surface area contributed by atoms with E-state index in [1.54, 1.807) is 0 Å². The standard InChI is InChI=1S/C17H21BrN2O2/c18-15-9-12(6-5-11(15)10-19)20-16-4-2-1-3-13(16)14(7-8-21)17(20)22/h5-6,9-10,13-14,16,19,21H,1-4,7-8H2. The molecule has 118 valence electrons. The molecule has 0 bridgehead atoms. The summed E-state index contributed by atoms with van der Waals surface area (Å²) in [6, 6.07) is 5.99. The Morgan fingerprint density at radius 2 is 2.14 bits per heavy atom. The molecule has 3 atom stereocenters. The molecule has 1 aromatic carbocycles. The second kappa shape index (κ2) is 6.50. The number of rotatable bonds is 4. The fourth-order valence-electron chi connectivity index (χ4n) is 4.03. The summed E-state index contributed by atoms with van der Waals surface area (Å²) in [6.07, 6.45) is 6.34. The summed E-state index contributed by atoms with van der Waals surface area (Å²) in [6.45, 7) is 0.0733. The van der Waals surface area contributed by atoms with Gasteiger partial charge >= 0.3 is 0 Å². The fraction of sp³-hybridized carbons (Fsp3) is 0.529. The number of aliphatic hydroxyl groups excluding tert-OH is 1. The lowest BCUT2D eigenvalue weighted by molar-refractivity contribution is -0.121. The summed E-state index contributed by atoms with van der Waals surface area (Å²) >= 11 is 3.48. The Bertz CT molecular complexity index is 590. The lowest BCUT2D eigenvalue weighted by Gasteiger charge is -2.32. The molecule has 4 nitrogen and oxygen atoms in total. The summed E-state index contributed by atoms with van der Waals surface area (Å²) in [7, 11) is 0. The number of aliphatic hydroxyl groups is 1. The highest BCUT2D eigenvalue weighted by Crippen LogP contribution is 2.44. The molecule has 0 aromatic heterocycles. The minimum atomic E-state index is -0.0449. The number of benzene rings is 1. The van der Waals surface area contributed by atoms with Crippen molar-refractivity contribution < 1.29 is 9.90 Å². The van der Waals surface area contributed by atoms with Crippen molar-refractivity contribution in [3.05, 3.63) is 28.2 Å². The predicted octanol–water partition coefficient (Wildman–Crippen LogP) is 3.35. The van der Waals surface area contributed by atoms with Crippen LogP contribution >= 0.6 is 15.9 Å². The quantitative estimate of drug-likeness (QED) is 0.804. The number of nitrogens with one attached hydrogen (secondary N) is 1. The van der Waals surface area contributed by atoms with Crippen molar-refractivity contribution in [2.24, 2.45) is 11.8 Å². The summed E-state index contributed by atoms with van der Waals surface area (Å²) in [5.74, 6) is 0.478. The third kappa shape index (κ3) is 2.61. The van der Waals surface area contributed by atoms with E-state index in [1.807, 2.05) is 23.1 Å². The van der Waals surface area contributed by atoms with Gasteiger partial charge in [0.1, 0.15) is 0 Å². The van der Waals surface area contributed by atoms with Gasteiger partial charge in [-0.15, -0.1) is 0 Å². The van der Waals surface area contributed by atoms with Crippen LogP contribution in [0, 0.1) is 17.2 Å². The van der Waals surface area contributed by atoms with E-state index in [0.717, 1.165) is 35.0 Å². The minimum Gasteiger partial charge on any atom is -0.396 e. The van der Waals surface area contributed by atoms with Crippen molar-refractivity contribution in [3.63, 3.8) is 0 Å². The molecule has 1 amide bonds. The van der Waals surface area contributed by atoms with Crippen LogP contribution in [-0.2, 0) is 4.79 Å². The van der Waals surface area contributed by atoms with E-state index >= 15 is 0 Å². The van der Waals surface area contributed by atoms with Crippen LogP contribution in [0.5, 0.6) is 0 Å². The smallest absolute Gasteiger partial charge is 0.230 e. The number of hydrogen-bond donors (Lipinski definition) is 2. The van der Waals surface area contributed by atoms with E-state index in [4.69, 9.17) is 5.41 Å². The number of carbonyl (C=O) groups excluding carboxylic acids is 1. The Morgan fingerprint density at radius 1 is 1.36 bits per heavy atom. The van der Waals surface area contributed by atoms with Crippen LogP contribution in [0.2, 0.25) is 0 Å². The van der Waals surface area contributed by atoms with Gasteiger partial charge in [-0.1, -0.05) is 34.8 Å². The first-order valence-electron chi connectivity index (χ1n) is 7.91.